The fourth-order valence-electron chi connectivity index (χ4n) is 3.49. The first-order valence-electron chi connectivity index (χ1n) is 10.6. The lowest BCUT2D eigenvalue weighted by Gasteiger charge is -2.21. The molecule has 166 valence electrons. The van der Waals surface area contributed by atoms with E-state index in [0.29, 0.717) is 21.8 Å². The second-order valence-corrected chi connectivity index (χ2v) is 9.46. The fraction of sp³-hybridized carbons (Fsp3) is 0.259. The molecule has 2 aromatic carbocycles. The first-order chi connectivity index (χ1) is 15.1. The highest BCUT2D eigenvalue weighted by Gasteiger charge is 2.21. The van der Waals surface area contributed by atoms with E-state index in [-0.39, 0.29) is 17.8 Å². The summed E-state index contributed by atoms with van der Waals surface area (Å²) in [5.41, 5.74) is 5.78. The van der Waals surface area contributed by atoms with Crippen LogP contribution in [0.3, 0.4) is 0 Å². The highest BCUT2D eigenvalue weighted by Crippen LogP contribution is 2.25. The van der Waals surface area contributed by atoms with Gasteiger partial charge in [0.2, 0.25) is 5.70 Å². The molecule has 0 fully saturated rings. The average molecular weight is 447 g/mol. The summed E-state index contributed by atoms with van der Waals surface area (Å²) in [5.74, 6) is -0.187. The maximum Gasteiger partial charge on any atom is 0.238 e. The van der Waals surface area contributed by atoms with E-state index in [9.17, 15) is 10.2 Å². The summed E-state index contributed by atoms with van der Waals surface area (Å²) < 4.78 is 1.68. The molecular formula is C27H30N2O2S. The minimum absolute atomic E-state index is 0.00183. The quantitative estimate of drug-likeness (QED) is 0.262. The Balaban J connectivity index is 2.10. The van der Waals surface area contributed by atoms with Gasteiger partial charge in [-0.1, -0.05) is 75.0 Å². The van der Waals surface area contributed by atoms with E-state index >= 15 is 0 Å². The summed E-state index contributed by atoms with van der Waals surface area (Å²) in [6.07, 6.45) is 3.50. The zero-order chi connectivity index (χ0) is 23.5. The van der Waals surface area contributed by atoms with Gasteiger partial charge in [-0.2, -0.15) is 4.57 Å². The smallest absolute Gasteiger partial charge is 0.238 e. The standard InChI is InChI=1S/C27H30N2O2S/c1-18-8-13-23(19(2)15-18)28-26(32)24(29-14-6-7-20(16-29)17-30)25(31)21-9-11-22(12-10-21)27(3,4)5/h6-16,30H,17H2,1-5H3,(H-,28,31,32). The van der Waals surface area contributed by atoms with Crippen LogP contribution in [0.15, 0.2) is 67.0 Å². The van der Waals surface area contributed by atoms with Crippen molar-refractivity contribution in [3.8, 4) is 0 Å². The maximum absolute atomic E-state index is 13.6. The Kier molecular flexibility index (Phi) is 7.12. The van der Waals surface area contributed by atoms with Crippen molar-refractivity contribution in [3.63, 3.8) is 0 Å². The summed E-state index contributed by atoms with van der Waals surface area (Å²) in [6.45, 7) is 10.3. The molecule has 0 radical (unpaired) electrons. The van der Waals surface area contributed by atoms with E-state index < -0.39 is 0 Å². The van der Waals surface area contributed by atoms with Gasteiger partial charge in [-0.15, -0.1) is 0 Å². The van der Waals surface area contributed by atoms with Crippen molar-refractivity contribution in [2.75, 3.05) is 5.32 Å². The zero-order valence-electron chi connectivity index (χ0n) is 19.3. The lowest BCUT2D eigenvalue weighted by molar-refractivity contribution is -0.578. The van der Waals surface area contributed by atoms with Gasteiger partial charge >= 0.3 is 0 Å². The van der Waals surface area contributed by atoms with Gasteiger partial charge in [0.05, 0.1) is 6.61 Å². The highest BCUT2D eigenvalue weighted by atomic mass is 32.1. The van der Waals surface area contributed by atoms with Crippen LogP contribution in [-0.4, -0.2) is 10.1 Å². The number of rotatable bonds is 5. The SMILES string of the molecule is Cc1ccc(NC(=S)/C(=C(\[O-])c2ccc(C(C)(C)C)cc2)[n+]2cccc(CO)c2)c(C)c1. The van der Waals surface area contributed by atoms with Gasteiger partial charge in [-0.25, -0.2) is 0 Å². The van der Waals surface area contributed by atoms with Crippen LogP contribution in [0, 0.1) is 13.8 Å². The largest absolute Gasteiger partial charge is 0.867 e. The summed E-state index contributed by atoms with van der Waals surface area (Å²) in [7, 11) is 0. The molecule has 3 aromatic rings. The van der Waals surface area contributed by atoms with Crippen molar-refractivity contribution in [1.82, 2.24) is 0 Å². The van der Waals surface area contributed by atoms with E-state index in [2.05, 4.69) is 32.2 Å². The maximum atomic E-state index is 13.6. The van der Waals surface area contributed by atoms with Gasteiger partial charge in [0.25, 0.3) is 0 Å². The zero-order valence-corrected chi connectivity index (χ0v) is 20.1. The number of hydrogen-bond acceptors (Lipinski definition) is 3. The van der Waals surface area contributed by atoms with Crippen molar-refractivity contribution in [3.05, 3.63) is 94.8 Å². The number of aliphatic hydroxyl groups is 1. The molecule has 0 unspecified atom stereocenters. The third-order valence-electron chi connectivity index (χ3n) is 5.38. The van der Waals surface area contributed by atoms with Crippen molar-refractivity contribution in [2.24, 2.45) is 0 Å². The van der Waals surface area contributed by atoms with Crippen LogP contribution in [0.1, 0.15) is 48.6 Å². The fourth-order valence-corrected chi connectivity index (χ4v) is 3.80. The number of pyridine rings is 1. The molecule has 0 aliphatic heterocycles. The molecule has 1 heterocycles. The second kappa shape index (κ2) is 9.63. The van der Waals surface area contributed by atoms with Crippen LogP contribution in [0.25, 0.3) is 11.5 Å². The van der Waals surface area contributed by atoms with Gasteiger partial charge in [-0.05, 0) is 53.8 Å². The molecule has 5 heteroatoms. The molecule has 0 atom stereocenters. The molecule has 0 aliphatic rings. The lowest BCUT2D eigenvalue weighted by atomic mass is 9.86. The number of nitrogens with one attached hydrogen (secondary N) is 1. The Hall–Kier alpha value is -3.02. The molecule has 0 spiro atoms. The van der Waals surface area contributed by atoms with E-state index in [0.717, 1.165) is 22.4 Å². The third kappa shape index (κ3) is 5.42. The second-order valence-electron chi connectivity index (χ2n) is 9.06. The molecule has 0 saturated carbocycles. The van der Waals surface area contributed by atoms with Crippen molar-refractivity contribution in [2.45, 2.75) is 46.6 Å². The molecule has 3 rings (SSSR count). The minimum atomic E-state index is -0.187. The molecule has 2 N–H and O–H groups in total. The Bertz CT molecular complexity index is 1160. The van der Waals surface area contributed by atoms with Crippen molar-refractivity contribution >= 4 is 34.3 Å². The van der Waals surface area contributed by atoms with Crippen molar-refractivity contribution < 1.29 is 14.8 Å². The number of aliphatic hydroxyl groups excluding tert-OH is 1. The van der Waals surface area contributed by atoms with Crippen LogP contribution in [0.4, 0.5) is 5.69 Å². The van der Waals surface area contributed by atoms with Crippen molar-refractivity contribution in [1.29, 1.82) is 0 Å². The Morgan fingerprint density at radius 2 is 1.75 bits per heavy atom. The lowest BCUT2D eigenvalue weighted by Crippen LogP contribution is -2.40. The normalized spacial score (nSPS) is 12.3. The predicted molar refractivity (Wildman–Crippen MR) is 133 cm³/mol. The minimum Gasteiger partial charge on any atom is -0.867 e. The number of thiocarbonyl (C=S) groups is 1. The first-order valence-corrected chi connectivity index (χ1v) is 11.0. The highest BCUT2D eigenvalue weighted by molar-refractivity contribution is 7.81. The van der Waals surface area contributed by atoms with Crippen LogP contribution < -0.4 is 15.0 Å². The predicted octanol–water partition coefficient (Wildman–Crippen LogP) is 4.51. The summed E-state index contributed by atoms with van der Waals surface area (Å²) in [5, 5.41) is 26.5. The van der Waals surface area contributed by atoms with Gasteiger partial charge in [0.1, 0.15) is 0 Å². The van der Waals surface area contributed by atoms with Crippen LogP contribution in [0.5, 0.6) is 0 Å². The topological polar surface area (TPSA) is 59.2 Å². The number of aromatic nitrogens is 1. The van der Waals surface area contributed by atoms with E-state index in [1.807, 2.05) is 50.2 Å². The monoisotopic (exact) mass is 446 g/mol. The summed E-state index contributed by atoms with van der Waals surface area (Å²) >= 11 is 5.72. The molecule has 4 nitrogen and oxygen atoms in total. The molecule has 0 aliphatic carbocycles. The van der Waals surface area contributed by atoms with E-state index in [1.165, 1.54) is 0 Å². The Labute approximate surface area is 195 Å². The van der Waals surface area contributed by atoms with E-state index in [1.54, 1.807) is 29.1 Å². The molecule has 0 amide bonds. The molecule has 0 saturated heterocycles. The van der Waals surface area contributed by atoms with Gasteiger partial charge < -0.3 is 15.5 Å². The van der Waals surface area contributed by atoms with Gasteiger partial charge in [0.15, 0.2) is 17.4 Å². The molecule has 32 heavy (non-hydrogen) atoms. The molecule has 0 bridgehead atoms. The molecular weight excluding hydrogens is 416 g/mol. The first kappa shape index (κ1) is 23.6. The average Bonchev–Trinajstić information content (AvgIpc) is 2.75. The van der Waals surface area contributed by atoms with E-state index in [4.69, 9.17) is 12.2 Å². The number of aryl methyl sites for hydroxylation is 2. The Morgan fingerprint density at radius 1 is 1.06 bits per heavy atom. The number of benzene rings is 2. The molecule has 1 aromatic heterocycles. The van der Waals surface area contributed by atoms with Gasteiger partial charge in [0, 0.05) is 17.3 Å². The van der Waals surface area contributed by atoms with Gasteiger partial charge in [-0.3, -0.25) is 0 Å². The number of anilines is 1. The van der Waals surface area contributed by atoms with Crippen LogP contribution >= 0.6 is 12.2 Å². The van der Waals surface area contributed by atoms with Crippen LogP contribution in [-0.2, 0) is 12.0 Å². The third-order valence-corrected chi connectivity index (χ3v) is 5.67. The Morgan fingerprint density at radius 3 is 2.34 bits per heavy atom. The summed E-state index contributed by atoms with van der Waals surface area (Å²) in [6, 6.07) is 17.3. The van der Waals surface area contributed by atoms with Crippen LogP contribution in [0.2, 0.25) is 0 Å². The number of nitrogens with zero attached hydrogens (tertiary/aromatic N) is 1. The summed E-state index contributed by atoms with van der Waals surface area (Å²) in [4.78, 5) is 0.321. The number of hydrogen-bond donors (Lipinski definition) is 2.